The normalized spacial score (nSPS) is 18.6. The molecule has 2 aliphatic rings. The van der Waals surface area contributed by atoms with Gasteiger partial charge in [-0.3, -0.25) is 4.79 Å². The molecule has 0 unspecified atom stereocenters. The Morgan fingerprint density at radius 1 is 1.40 bits per heavy atom. The van der Waals surface area contributed by atoms with Gasteiger partial charge in [0.2, 0.25) is 0 Å². The average Bonchev–Trinajstić information content (AvgIpc) is 3.36. The summed E-state index contributed by atoms with van der Waals surface area (Å²) in [5, 5.41) is 3.17. The van der Waals surface area contributed by atoms with Crippen LogP contribution in [0.1, 0.15) is 43.9 Å². The van der Waals surface area contributed by atoms with Crippen LogP contribution < -0.4 is 20.3 Å². The van der Waals surface area contributed by atoms with E-state index >= 15 is 0 Å². The first-order valence-electron chi connectivity index (χ1n) is 8.92. The Hall–Kier alpha value is -2.50. The maximum atomic E-state index is 12.5. The summed E-state index contributed by atoms with van der Waals surface area (Å²) in [6, 6.07) is 4.41. The number of fused-ring (bicyclic) bond motifs is 1. The lowest BCUT2D eigenvalue weighted by molar-refractivity contribution is 0.254. The van der Waals surface area contributed by atoms with E-state index in [2.05, 4.69) is 23.3 Å². The zero-order chi connectivity index (χ0) is 17.4. The molecule has 2 aromatic rings. The van der Waals surface area contributed by atoms with Gasteiger partial charge in [-0.25, -0.2) is 4.98 Å². The predicted molar refractivity (Wildman–Crippen MR) is 95.5 cm³/mol. The Morgan fingerprint density at radius 2 is 2.24 bits per heavy atom. The molecular formula is C19H23N3O3. The van der Waals surface area contributed by atoms with Crippen molar-refractivity contribution in [3.8, 4) is 11.5 Å². The number of hydrogen-bond acceptors (Lipinski definition) is 5. The van der Waals surface area contributed by atoms with Gasteiger partial charge in [0.05, 0.1) is 6.61 Å². The van der Waals surface area contributed by atoms with Gasteiger partial charge in [-0.1, -0.05) is 0 Å². The third-order valence-corrected chi connectivity index (χ3v) is 4.63. The second kappa shape index (κ2) is 6.43. The lowest BCUT2D eigenvalue weighted by Crippen LogP contribution is -2.23. The van der Waals surface area contributed by atoms with Crippen LogP contribution in [0.5, 0.6) is 11.5 Å². The van der Waals surface area contributed by atoms with E-state index in [1.165, 1.54) is 5.56 Å². The van der Waals surface area contributed by atoms with Crippen LogP contribution in [-0.4, -0.2) is 22.3 Å². The van der Waals surface area contributed by atoms with Crippen molar-refractivity contribution in [3.63, 3.8) is 0 Å². The minimum atomic E-state index is -0.0611. The lowest BCUT2D eigenvalue weighted by atomic mass is 10.1. The first-order chi connectivity index (χ1) is 12.2. The van der Waals surface area contributed by atoms with E-state index < -0.39 is 0 Å². The zero-order valence-electron chi connectivity index (χ0n) is 14.6. The second-order valence-corrected chi connectivity index (χ2v) is 6.71. The van der Waals surface area contributed by atoms with Crippen molar-refractivity contribution in [2.45, 2.75) is 51.8 Å². The Balaban J connectivity index is 1.58. The van der Waals surface area contributed by atoms with E-state index in [0.29, 0.717) is 25.0 Å². The van der Waals surface area contributed by atoms with Crippen LogP contribution >= 0.6 is 0 Å². The molecule has 4 rings (SSSR count). The van der Waals surface area contributed by atoms with E-state index in [-0.39, 0.29) is 11.7 Å². The molecule has 6 nitrogen and oxygen atoms in total. The maximum Gasteiger partial charge on any atom is 0.293 e. The number of nitrogens with one attached hydrogen (secondary N) is 1. The molecule has 132 valence electrons. The van der Waals surface area contributed by atoms with Crippen molar-refractivity contribution in [2.75, 3.05) is 11.9 Å². The third-order valence-electron chi connectivity index (χ3n) is 4.63. The molecule has 0 spiro atoms. The molecule has 0 saturated heterocycles. The van der Waals surface area contributed by atoms with Crippen LogP contribution in [0.4, 0.5) is 5.82 Å². The first-order valence-corrected chi connectivity index (χ1v) is 8.92. The third kappa shape index (κ3) is 3.21. The molecule has 0 radical (unpaired) electrons. The van der Waals surface area contributed by atoms with Gasteiger partial charge in [0.25, 0.3) is 5.56 Å². The highest BCUT2D eigenvalue weighted by Gasteiger charge is 2.25. The van der Waals surface area contributed by atoms with Gasteiger partial charge in [0.1, 0.15) is 17.6 Å². The van der Waals surface area contributed by atoms with Crippen molar-refractivity contribution < 1.29 is 9.47 Å². The molecule has 25 heavy (non-hydrogen) atoms. The van der Waals surface area contributed by atoms with Gasteiger partial charge in [-0.2, -0.15) is 0 Å². The number of aromatic nitrogens is 2. The smallest absolute Gasteiger partial charge is 0.293 e. The molecule has 1 aromatic heterocycles. The monoisotopic (exact) mass is 341 g/mol. The van der Waals surface area contributed by atoms with Gasteiger partial charge in [0.15, 0.2) is 5.82 Å². The molecule has 1 fully saturated rings. The van der Waals surface area contributed by atoms with Crippen molar-refractivity contribution >= 4 is 5.82 Å². The van der Waals surface area contributed by atoms with Gasteiger partial charge < -0.3 is 19.4 Å². The minimum absolute atomic E-state index is 0.0611. The molecular weight excluding hydrogens is 318 g/mol. The van der Waals surface area contributed by atoms with E-state index in [9.17, 15) is 4.79 Å². The molecule has 1 aromatic carbocycles. The summed E-state index contributed by atoms with van der Waals surface area (Å²) in [7, 11) is 0. The molecule has 0 bridgehead atoms. The fourth-order valence-corrected chi connectivity index (χ4v) is 3.27. The van der Waals surface area contributed by atoms with Crippen molar-refractivity contribution in [1.82, 2.24) is 9.55 Å². The van der Waals surface area contributed by atoms with Crippen molar-refractivity contribution in [2.24, 2.45) is 0 Å². The largest absolute Gasteiger partial charge is 0.494 e. The second-order valence-electron chi connectivity index (χ2n) is 6.71. The molecule has 1 N–H and O–H groups in total. The summed E-state index contributed by atoms with van der Waals surface area (Å²) in [6.45, 7) is 5.10. The van der Waals surface area contributed by atoms with E-state index in [1.54, 1.807) is 17.0 Å². The summed E-state index contributed by atoms with van der Waals surface area (Å²) >= 11 is 0. The average molecular weight is 341 g/mol. The molecule has 6 heteroatoms. The van der Waals surface area contributed by atoms with Crippen LogP contribution in [0.3, 0.4) is 0 Å². The SMILES string of the molecule is CCOc1cc2c(cc1CNc1nccn(C3CC3)c1=O)O[C@H](C)C2. The maximum absolute atomic E-state index is 12.5. The van der Waals surface area contributed by atoms with E-state index in [4.69, 9.17) is 9.47 Å². The van der Waals surface area contributed by atoms with Gasteiger partial charge in [-0.15, -0.1) is 0 Å². The lowest BCUT2D eigenvalue weighted by Gasteiger charge is -2.14. The van der Waals surface area contributed by atoms with Gasteiger partial charge in [0, 0.05) is 42.5 Å². The van der Waals surface area contributed by atoms with E-state index in [0.717, 1.165) is 36.3 Å². The number of ether oxygens (including phenoxy) is 2. The summed E-state index contributed by atoms with van der Waals surface area (Å²) in [6.07, 6.45) is 6.67. The number of anilines is 1. The van der Waals surface area contributed by atoms with E-state index in [1.807, 2.05) is 13.0 Å². The Bertz CT molecular complexity index is 842. The van der Waals surface area contributed by atoms with Crippen LogP contribution in [0, 0.1) is 0 Å². The quantitative estimate of drug-likeness (QED) is 0.875. The highest BCUT2D eigenvalue weighted by molar-refractivity contribution is 5.50. The summed E-state index contributed by atoms with van der Waals surface area (Å²) in [4.78, 5) is 16.7. The van der Waals surface area contributed by atoms with Crippen molar-refractivity contribution in [1.29, 1.82) is 0 Å². The molecule has 2 heterocycles. The topological polar surface area (TPSA) is 65.4 Å². The zero-order valence-corrected chi connectivity index (χ0v) is 14.6. The first kappa shape index (κ1) is 16.0. The Labute approximate surface area is 146 Å². The number of nitrogens with zero attached hydrogens (tertiary/aromatic N) is 2. The highest BCUT2D eigenvalue weighted by atomic mass is 16.5. The summed E-state index contributed by atoms with van der Waals surface area (Å²) < 4.78 is 13.4. The van der Waals surface area contributed by atoms with Crippen LogP contribution in [0.25, 0.3) is 0 Å². The number of rotatable bonds is 6. The molecule has 0 amide bonds. The molecule has 1 aliphatic heterocycles. The van der Waals surface area contributed by atoms with Gasteiger partial charge >= 0.3 is 0 Å². The Kier molecular flexibility index (Phi) is 4.11. The molecule has 1 saturated carbocycles. The van der Waals surface area contributed by atoms with Crippen molar-refractivity contribution in [3.05, 3.63) is 46.0 Å². The molecule has 1 atom stereocenters. The minimum Gasteiger partial charge on any atom is -0.494 e. The highest BCUT2D eigenvalue weighted by Crippen LogP contribution is 2.35. The number of hydrogen-bond donors (Lipinski definition) is 1. The summed E-state index contributed by atoms with van der Waals surface area (Å²) in [5.74, 6) is 2.13. The fourth-order valence-electron chi connectivity index (χ4n) is 3.27. The summed E-state index contributed by atoms with van der Waals surface area (Å²) in [5.41, 5.74) is 2.08. The predicted octanol–water partition coefficient (Wildman–Crippen LogP) is 2.91. The van der Waals surface area contributed by atoms with Crippen LogP contribution in [0.2, 0.25) is 0 Å². The molecule has 1 aliphatic carbocycles. The van der Waals surface area contributed by atoms with Crippen LogP contribution in [-0.2, 0) is 13.0 Å². The number of benzene rings is 1. The Morgan fingerprint density at radius 3 is 3.00 bits per heavy atom. The fraction of sp³-hybridized carbons (Fsp3) is 0.474. The van der Waals surface area contributed by atoms with Gasteiger partial charge in [-0.05, 0) is 38.8 Å². The van der Waals surface area contributed by atoms with Crippen LogP contribution in [0.15, 0.2) is 29.3 Å². The standard InChI is InChI=1S/C19H23N3O3/c1-3-24-16-9-13-8-12(2)25-17(13)10-14(16)11-21-18-19(23)22(7-6-20-18)15-4-5-15/h6-7,9-10,12,15H,3-5,8,11H2,1-2H3,(H,20,21)/t12-/m1/s1.